The molecule has 0 saturated heterocycles. The molecule has 5 heteroatoms. The second-order valence-corrected chi connectivity index (χ2v) is 5.84. The van der Waals surface area contributed by atoms with E-state index in [1.807, 2.05) is 30.3 Å². The fourth-order valence-corrected chi connectivity index (χ4v) is 3.03. The van der Waals surface area contributed by atoms with E-state index in [-0.39, 0.29) is 18.4 Å². The van der Waals surface area contributed by atoms with Gasteiger partial charge in [-0.1, -0.05) is 30.3 Å². The van der Waals surface area contributed by atoms with Gasteiger partial charge >= 0.3 is 0 Å². The largest absolute Gasteiger partial charge is 0.391 e. The van der Waals surface area contributed by atoms with Crippen LogP contribution in [0.3, 0.4) is 0 Å². The maximum absolute atomic E-state index is 12.4. The van der Waals surface area contributed by atoms with Gasteiger partial charge < -0.3 is 10.4 Å². The summed E-state index contributed by atoms with van der Waals surface area (Å²) in [6.07, 6.45) is 4.50. The summed E-state index contributed by atoms with van der Waals surface area (Å²) >= 11 is 0. The number of hydrogen-bond acceptors (Lipinski definition) is 3. The molecule has 0 fully saturated rings. The average Bonchev–Trinajstić information content (AvgIpc) is 3.02. The van der Waals surface area contributed by atoms with Gasteiger partial charge in [-0.05, 0) is 24.8 Å². The lowest BCUT2D eigenvalue weighted by Crippen LogP contribution is -2.37. The third kappa shape index (κ3) is 3.36. The Hall–Kier alpha value is -2.14. The van der Waals surface area contributed by atoms with Gasteiger partial charge in [0.2, 0.25) is 5.91 Å². The third-order valence-corrected chi connectivity index (χ3v) is 4.19. The predicted molar refractivity (Wildman–Crippen MR) is 83.4 cm³/mol. The number of hydrogen-bond donors (Lipinski definition) is 3. The molecule has 0 saturated carbocycles. The van der Waals surface area contributed by atoms with E-state index in [1.54, 1.807) is 6.20 Å². The SMILES string of the molecule is O=C(NCC(O)Cc1ccccc1)C1CCCc2[nH]ncc21. The number of benzene rings is 1. The van der Waals surface area contributed by atoms with Crippen molar-refractivity contribution in [1.82, 2.24) is 15.5 Å². The Kier molecular flexibility index (Phi) is 4.53. The van der Waals surface area contributed by atoms with E-state index in [4.69, 9.17) is 0 Å². The molecule has 0 spiro atoms. The molecule has 22 heavy (non-hydrogen) atoms. The van der Waals surface area contributed by atoms with E-state index in [9.17, 15) is 9.90 Å². The number of rotatable bonds is 5. The Morgan fingerprint density at radius 1 is 1.41 bits per heavy atom. The van der Waals surface area contributed by atoms with Crippen LogP contribution in [0.2, 0.25) is 0 Å². The highest BCUT2D eigenvalue weighted by Gasteiger charge is 2.27. The van der Waals surface area contributed by atoms with E-state index < -0.39 is 6.10 Å². The summed E-state index contributed by atoms with van der Waals surface area (Å²) in [5.74, 6) is -0.166. The molecular weight excluding hydrogens is 278 g/mol. The maximum Gasteiger partial charge on any atom is 0.227 e. The molecule has 2 aromatic rings. The number of nitrogens with zero attached hydrogens (tertiary/aromatic N) is 1. The molecule has 1 amide bonds. The summed E-state index contributed by atoms with van der Waals surface area (Å²) in [4.78, 5) is 12.4. The first-order valence-electron chi connectivity index (χ1n) is 7.76. The van der Waals surface area contributed by atoms with Gasteiger partial charge in [-0.3, -0.25) is 9.89 Å². The van der Waals surface area contributed by atoms with Crippen LogP contribution in [-0.4, -0.2) is 33.9 Å². The summed E-state index contributed by atoms with van der Waals surface area (Å²) in [5, 5.41) is 19.9. The average molecular weight is 299 g/mol. The van der Waals surface area contributed by atoms with Gasteiger partial charge in [0.1, 0.15) is 0 Å². The van der Waals surface area contributed by atoms with Crippen molar-refractivity contribution in [2.45, 2.75) is 37.7 Å². The number of aromatic nitrogens is 2. The standard InChI is InChI=1S/C17H21N3O2/c21-13(9-12-5-2-1-3-6-12)10-18-17(22)14-7-4-8-16-15(14)11-19-20-16/h1-3,5-6,11,13-14,21H,4,7-10H2,(H,18,22)(H,19,20). The number of carbonyl (C=O) groups excluding carboxylic acids is 1. The highest BCUT2D eigenvalue weighted by molar-refractivity contribution is 5.84. The molecule has 2 atom stereocenters. The van der Waals surface area contributed by atoms with E-state index in [0.717, 1.165) is 36.1 Å². The van der Waals surface area contributed by atoms with E-state index in [1.165, 1.54) is 0 Å². The number of aromatic amines is 1. The second kappa shape index (κ2) is 6.75. The zero-order chi connectivity index (χ0) is 15.4. The molecule has 116 valence electrons. The molecule has 1 aliphatic rings. The molecule has 1 aromatic heterocycles. The van der Waals surface area contributed by atoms with Crippen molar-refractivity contribution in [3.8, 4) is 0 Å². The Morgan fingerprint density at radius 3 is 3.05 bits per heavy atom. The van der Waals surface area contributed by atoms with Gasteiger partial charge in [-0.2, -0.15) is 5.10 Å². The minimum atomic E-state index is -0.571. The quantitative estimate of drug-likeness (QED) is 0.784. The van der Waals surface area contributed by atoms with E-state index >= 15 is 0 Å². The first-order valence-corrected chi connectivity index (χ1v) is 7.76. The van der Waals surface area contributed by atoms with Crippen LogP contribution in [0.4, 0.5) is 0 Å². The Bertz CT molecular complexity index is 624. The zero-order valence-electron chi connectivity index (χ0n) is 12.5. The molecule has 5 nitrogen and oxygen atoms in total. The van der Waals surface area contributed by atoms with Crippen LogP contribution in [0, 0.1) is 0 Å². The minimum absolute atomic E-state index is 0.0190. The lowest BCUT2D eigenvalue weighted by atomic mass is 9.86. The number of aliphatic hydroxyl groups excluding tert-OH is 1. The summed E-state index contributed by atoms with van der Waals surface area (Å²) in [7, 11) is 0. The van der Waals surface area contributed by atoms with Gasteiger partial charge in [0.05, 0.1) is 18.2 Å². The van der Waals surface area contributed by atoms with Gasteiger partial charge in [0.15, 0.2) is 0 Å². The third-order valence-electron chi connectivity index (χ3n) is 4.19. The number of nitrogens with one attached hydrogen (secondary N) is 2. The Morgan fingerprint density at radius 2 is 2.23 bits per heavy atom. The fraction of sp³-hybridized carbons (Fsp3) is 0.412. The number of carbonyl (C=O) groups is 1. The van der Waals surface area contributed by atoms with Gasteiger partial charge in [-0.25, -0.2) is 0 Å². The first kappa shape index (κ1) is 14.8. The monoisotopic (exact) mass is 299 g/mol. The molecule has 0 radical (unpaired) electrons. The van der Waals surface area contributed by atoms with Gasteiger partial charge in [0, 0.05) is 24.2 Å². The summed E-state index contributed by atoms with van der Waals surface area (Å²) in [6, 6.07) is 9.79. The first-order chi connectivity index (χ1) is 10.7. The number of H-pyrrole nitrogens is 1. The van der Waals surface area contributed by atoms with E-state index in [0.29, 0.717) is 6.42 Å². The lowest BCUT2D eigenvalue weighted by Gasteiger charge is -2.22. The van der Waals surface area contributed by atoms with Crippen molar-refractivity contribution < 1.29 is 9.90 Å². The van der Waals surface area contributed by atoms with Crippen molar-refractivity contribution in [1.29, 1.82) is 0 Å². The molecular formula is C17H21N3O2. The molecule has 1 aliphatic carbocycles. The highest BCUT2D eigenvalue weighted by atomic mass is 16.3. The molecule has 2 unspecified atom stereocenters. The van der Waals surface area contributed by atoms with Crippen LogP contribution in [0.5, 0.6) is 0 Å². The summed E-state index contributed by atoms with van der Waals surface area (Å²) in [6.45, 7) is 0.275. The number of fused-ring (bicyclic) bond motifs is 1. The zero-order valence-corrected chi connectivity index (χ0v) is 12.5. The van der Waals surface area contributed by atoms with Crippen LogP contribution < -0.4 is 5.32 Å². The number of aliphatic hydroxyl groups is 1. The lowest BCUT2D eigenvalue weighted by molar-refractivity contribution is -0.123. The van der Waals surface area contributed by atoms with Crippen LogP contribution in [0.15, 0.2) is 36.5 Å². The molecule has 0 aliphatic heterocycles. The van der Waals surface area contributed by atoms with Crippen molar-refractivity contribution in [2.24, 2.45) is 0 Å². The fourth-order valence-electron chi connectivity index (χ4n) is 3.03. The van der Waals surface area contributed by atoms with Crippen LogP contribution in [0.1, 0.15) is 35.6 Å². The van der Waals surface area contributed by atoms with Crippen molar-refractivity contribution >= 4 is 5.91 Å². The van der Waals surface area contributed by atoms with Crippen molar-refractivity contribution in [2.75, 3.05) is 6.54 Å². The van der Waals surface area contributed by atoms with Gasteiger partial charge in [-0.15, -0.1) is 0 Å². The second-order valence-electron chi connectivity index (χ2n) is 5.84. The predicted octanol–water partition coefficient (Wildman–Crippen LogP) is 1.55. The van der Waals surface area contributed by atoms with Crippen LogP contribution in [-0.2, 0) is 17.6 Å². The molecule has 3 N–H and O–H groups in total. The van der Waals surface area contributed by atoms with E-state index in [2.05, 4.69) is 15.5 Å². The number of aryl methyl sites for hydroxylation is 1. The topological polar surface area (TPSA) is 78.0 Å². The Labute approximate surface area is 129 Å². The number of amides is 1. The summed E-state index contributed by atoms with van der Waals surface area (Å²) < 4.78 is 0. The minimum Gasteiger partial charge on any atom is -0.391 e. The Balaban J connectivity index is 1.53. The smallest absolute Gasteiger partial charge is 0.227 e. The van der Waals surface area contributed by atoms with Crippen molar-refractivity contribution in [3.63, 3.8) is 0 Å². The summed E-state index contributed by atoms with van der Waals surface area (Å²) in [5.41, 5.74) is 3.14. The molecule has 1 aromatic carbocycles. The van der Waals surface area contributed by atoms with Crippen LogP contribution in [0.25, 0.3) is 0 Å². The molecule has 1 heterocycles. The normalized spacial score (nSPS) is 18.5. The highest BCUT2D eigenvalue weighted by Crippen LogP contribution is 2.30. The maximum atomic E-state index is 12.4. The molecule has 0 bridgehead atoms. The van der Waals surface area contributed by atoms with Gasteiger partial charge in [0.25, 0.3) is 0 Å². The van der Waals surface area contributed by atoms with Crippen molar-refractivity contribution in [3.05, 3.63) is 53.3 Å². The van der Waals surface area contributed by atoms with Crippen LogP contribution >= 0.6 is 0 Å². The molecule has 3 rings (SSSR count).